The predicted octanol–water partition coefficient (Wildman–Crippen LogP) is 2.53. The molecular formula is C14H22N2O3S. The summed E-state index contributed by atoms with van der Waals surface area (Å²) in [6, 6.07) is 3.62. The third-order valence-corrected chi connectivity index (χ3v) is 4.77. The summed E-state index contributed by atoms with van der Waals surface area (Å²) in [5.74, 6) is -1.03. The zero-order valence-electron chi connectivity index (χ0n) is 12.6. The number of amides is 2. The van der Waals surface area contributed by atoms with Crippen LogP contribution >= 0.6 is 11.3 Å². The average Bonchev–Trinajstić information content (AvgIpc) is 2.89. The highest BCUT2D eigenvalue weighted by atomic mass is 32.1. The van der Waals surface area contributed by atoms with E-state index in [0.717, 1.165) is 0 Å². The predicted molar refractivity (Wildman–Crippen MR) is 80.2 cm³/mol. The highest BCUT2D eigenvalue weighted by Crippen LogP contribution is 2.26. The maximum Gasteiger partial charge on any atom is 0.329 e. The molecule has 0 unspecified atom stereocenters. The molecule has 1 aromatic rings. The van der Waals surface area contributed by atoms with Gasteiger partial charge in [0.1, 0.15) is 5.54 Å². The smallest absolute Gasteiger partial charge is 0.329 e. The number of hydrogen-bond acceptors (Lipinski definition) is 3. The van der Waals surface area contributed by atoms with Crippen LogP contribution in [0.2, 0.25) is 0 Å². The van der Waals surface area contributed by atoms with Crippen LogP contribution in [-0.4, -0.2) is 41.1 Å². The Kier molecular flexibility index (Phi) is 4.81. The molecule has 0 spiro atoms. The minimum Gasteiger partial charge on any atom is -0.480 e. The molecule has 112 valence electrons. The van der Waals surface area contributed by atoms with Gasteiger partial charge in [0.25, 0.3) is 0 Å². The molecule has 1 aromatic heterocycles. The number of carbonyl (C=O) groups is 2. The van der Waals surface area contributed by atoms with Gasteiger partial charge in [-0.1, -0.05) is 19.9 Å². The van der Waals surface area contributed by atoms with Gasteiger partial charge in [-0.3, -0.25) is 0 Å². The molecule has 0 radical (unpaired) electrons. The van der Waals surface area contributed by atoms with Gasteiger partial charge in [0.05, 0.1) is 0 Å². The Morgan fingerprint density at radius 1 is 1.35 bits per heavy atom. The summed E-state index contributed by atoms with van der Waals surface area (Å²) in [7, 11) is 1.49. The molecule has 0 aliphatic carbocycles. The third kappa shape index (κ3) is 3.50. The lowest BCUT2D eigenvalue weighted by atomic mass is 9.91. The second-order valence-corrected chi connectivity index (χ2v) is 6.89. The topological polar surface area (TPSA) is 69.6 Å². The third-order valence-electron chi connectivity index (χ3n) is 3.54. The van der Waals surface area contributed by atoms with Crippen LogP contribution in [0, 0.1) is 0 Å². The SMILES string of the molecule is CN(C(=O)NCC(C)(C)c1cccs1)C(C)(C)C(=O)O. The molecule has 0 saturated carbocycles. The maximum absolute atomic E-state index is 12.1. The first-order valence-electron chi connectivity index (χ1n) is 6.38. The van der Waals surface area contributed by atoms with Crippen LogP contribution in [-0.2, 0) is 10.2 Å². The van der Waals surface area contributed by atoms with Gasteiger partial charge in [0, 0.05) is 23.9 Å². The van der Waals surface area contributed by atoms with E-state index in [2.05, 4.69) is 5.32 Å². The molecule has 0 bridgehead atoms. The first-order valence-corrected chi connectivity index (χ1v) is 7.26. The number of carbonyl (C=O) groups excluding carboxylic acids is 1. The molecule has 0 aliphatic rings. The van der Waals surface area contributed by atoms with Gasteiger partial charge in [-0.15, -0.1) is 11.3 Å². The molecule has 2 amide bonds. The van der Waals surface area contributed by atoms with Crippen molar-refractivity contribution in [1.29, 1.82) is 0 Å². The Morgan fingerprint density at radius 3 is 2.40 bits per heavy atom. The van der Waals surface area contributed by atoms with E-state index in [4.69, 9.17) is 5.11 Å². The zero-order valence-corrected chi connectivity index (χ0v) is 13.4. The first kappa shape index (κ1) is 16.5. The molecule has 2 N–H and O–H groups in total. The summed E-state index contributed by atoms with van der Waals surface area (Å²) in [5, 5.41) is 13.9. The van der Waals surface area contributed by atoms with E-state index in [1.807, 2.05) is 31.4 Å². The molecule has 6 heteroatoms. The van der Waals surface area contributed by atoms with Crippen molar-refractivity contribution in [3.8, 4) is 0 Å². The highest BCUT2D eigenvalue weighted by Gasteiger charge is 2.35. The fraction of sp³-hybridized carbons (Fsp3) is 0.571. The zero-order chi connectivity index (χ0) is 15.6. The summed E-state index contributed by atoms with van der Waals surface area (Å²) >= 11 is 1.64. The molecule has 5 nitrogen and oxygen atoms in total. The first-order chi connectivity index (χ1) is 9.09. The van der Waals surface area contributed by atoms with Crippen LogP contribution in [0.1, 0.15) is 32.6 Å². The lowest BCUT2D eigenvalue weighted by Crippen LogP contribution is -2.55. The number of hydrogen-bond donors (Lipinski definition) is 2. The maximum atomic E-state index is 12.1. The van der Waals surface area contributed by atoms with Gasteiger partial charge >= 0.3 is 12.0 Å². The van der Waals surface area contributed by atoms with Gasteiger partial charge in [-0.2, -0.15) is 0 Å². The quantitative estimate of drug-likeness (QED) is 0.877. The average molecular weight is 298 g/mol. The van der Waals surface area contributed by atoms with E-state index in [-0.39, 0.29) is 11.4 Å². The molecule has 1 rings (SSSR count). The highest BCUT2D eigenvalue weighted by molar-refractivity contribution is 7.10. The molecule has 0 saturated heterocycles. The number of nitrogens with zero attached hydrogens (tertiary/aromatic N) is 1. The number of carboxylic acids is 1. The monoisotopic (exact) mass is 298 g/mol. The summed E-state index contributed by atoms with van der Waals surface area (Å²) in [6.07, 6.45) is 0. The van der Waals surface area contributed by atoms with Crippen LogP contribution in [0.3, 0.4) is 0 Å². The van der Waals surface area contributed by atoms with Crippen molar-refractivity contribution < 1.29 is 14.7 Å². The van der Waals surface area contributed by atoms with Gasteiger partial charge < -0.3 is 15.3 Å². The number of urea groups is 1. The van der Waals surface area contributed by atoms with E-state index in [9.17, 15) is 9.59 Å². The second kappa shape index (κ2) is 5.83. The van der Waals surface area contributed by atoms with Crippen molar-refractivity contribution in [2.45, 2.75) is 38.6 Å². The Hall–Kier alpha value is -1.56. The molecule has 1 heterocycles. The lowest BCUT2D eigenvalue weighted by molar-refractivity contribution is -0.146. The van der Waals surface area contributed by atoms with Crippen molar-refractivity contribution in [1.82, 2.24) is 10.2 Å². The van der Waals surface area contributed by atoms with Crippen LogP contribution in [0.25, 0.3) is 0 Å². The van der Waals surface area contributed by atoms with Crippen molar-refractivity contribution in [3.05, 3.63) is 22.4 Å². The number of carboxylic acid groups (broad SMARTS) is 1. The largest absolute Gasteiger partial charge is 0.480 e. The van der Waals surface area contributed by atoms with Crippen LogP contribution in [0.4, 0.5) is 4.79 Å². The summed E-state index contributed by atoms with van der Waals surface area (Å²) in [6.45, 7) is 7.54. The van der Waals surface area contributed by atoms with Gasteiger partial charge in [0.15, 0.2) is 0 Å². The minimum absolute atomic E-state index is 0.183. The van der Waals surface area contributed by atoms with Crippen molar-refractivity contribution >= 4 is 23.3 Å². The van der Waals surface area contributed by atoms with Crippen LogP contribution in [0.15, 0.2) is 17.5 Å². The van der Waals surface area contributed by atoms with Crippen LogP contribution < -0.4 is 5.32 Å². The normalized spacial score (nSPS) is 12.1. The number of rotatable bonds is 5. The standard InChI is InChI=1S/C14H22N2O3S/c1-13(2,10-7-6-8-20-10)9-15-12(19)16(5)14(3,4)11(17)18/h6-8H,9H2,1-5H3,(H,15,19)(H,17,18). The minimum atomic E-state index is -1.24. The van der Waals surface area contributed by atoms with Crippen molar-refractivity contribution in [2.75, 3.05) is 13.6 Å². The Morgan fingerprint density at radius 2 is 1.95 bits per heavy atom. The fourth-order valence-corrected chi connectivity index (χ4v) is 2.42. The van der Waals surface area contributed by atoms with Crippen molar-refractivity contribution in [2.24, 2.45) is 0 Å². The number of likely N-dealkylation sites (N-methyl/N-ethyl adjacent to an activating group) is 1. The summed E-state index contributed by atoms with van der Waals surface area (Å²) in [5.41, 5.74) is -1.42. The van der Waals surface area contributed by atoms with Crippen LogP contribution in [0.5, 0.6) is 0 Å². The second-order valence-electron chi connectivity index (χ2n) is 5.94. The van der Waals surface area contributed by atoms with E-state index in [1.165, 1.54) is 30.7 Å². The lowest BCUT2D eigenvalue weighted by Gasteiger charge is -2.33. The van der Waals surface area contributed by atoms with E-state index in [1.54, 1.807) is 11.3 Å². The Balaban J connectivity index is 2.66. The number of nitrogens with one attached hydrogen (secondary N) is 1. The molecule has 0 atom stereocenters. The summed E-state index contributed by atoms with van der Waals surface area (Å²) < 4.78 is 0. The fourth-order valence-electron chi connectivity index (χ4n) is 1.56. The Labute approximate surface area is 123 Å². The van der Waals surface area contributed by atoms with Gasteiger partial charge in [0.2, 0.25) is 0 Å². The van der Waals surface area contributed by atoms with Gasteiger partial charge in [-0.25, -0.2) is 9.59 Å². The van der Waals surface area contributed by atoms with E-state index < -0.39 is 11.5 Å². The van der Waals surface area contributed by atoms with Gasteiger partial charge in [-0.05, 0) is 25.3 Å². The van der Waals surface area contributed by atoms with Crippen molar-refractivity contribution in [3.63, 3.8) is 0 Å². The number of aliphatic carboxylic acids is 1. The molecule has 0 fully saturated rings. The summed E-state index contributed by atoms with van der Waals surface area (Å²) in [4.78, 5) is 25.6. The van der Waals surface area contributed by atoms with E-state index in [0.29, 0.717) is 6.54 Å². The molecule has 20 heavy (non-hydrogen) atoms. The molecule has 0 aromatic carbocycles. The Bertz CT molecular complexity index is 481. The molecular weight excluding hydrogens is 276 g/mol. The number of thiophene rings is 1. The van der Waals surface area contributed by atoms with E-state index >= 15 is 0 Å². The molecule has 0 aliphatic heterocycles.